The molecular weight excluding hydrogens is 262 g/mol. The minimum Gasteiger partial charge on any atom is -0.355 e. The fraction of sp³-hybridized carbons (Fsp3) is 0.133. The molecule has 2 aromatic rings. The molecule has 4 heteroatoms. The second-order valence-electron chi connectivity index (χ2n) is 4.46. The number of hydrogen-bond acceptors (Lipinski definition) is 3. The largest absolute Gasteiger partial charge is 0.355 e. The van der Waals surface area contributed by atoms with E-state index in [-0.39, 0.29) is 0 Å². The molecule has 2 aromatic carbocycles. The van der Waals surface area contributed by atoms with Crippen molar-refractivity contribution in [1.29, 1.82) is 0 Å². The molecule has 0 radical (unpaired) electrons. The number of aliphatic hydroxyl groups is 1. The summed E-state index contributed by atoms with van der Waals surface area (Å²) in [7, 11) is 0. The average Bonchev–Trinajstić information content (AvgIpc) is 2.85. The minimum absolute atomic E-state index is 0.318. The van der Waals surface area contributed by atoms with Gasteiger partial charge in [0.25, 0.3) is 5.79 Å². The number of hydrogen-bond donors (Lipinski definition) is 1. The van der Waals surface area contributed by atoms with Gasteiger partial charge >= 0.3 is 0 Å². The maximum absolute atomic E-state index is 10.5. The van der Waals surface area contributed by atoms with Gasteiger partial charge in [-0.1, -0.05) is 59.2 Å². The van der Waals surface area contributed by atoms with E-state index in [2.05, 4.69) is 5.16 Å². The van der Waals surface area contributed by atoms with Gasteiger partial charge in [-0.3, -0.25) is 0 Å². The molecule has 0 aromatic heterocycles. The van der Waals surface area contributed by atoms with Crippen LogP contribution in [0.3, 0.4) is 0 Å². The van der Waals surface area contributed by atoms with Crippen molar-refractivity contribution in [3.63, 3.8) is 0 Å². The van der Waals surface area contributed by atoms with Crippen LogP contribution in [-0.4, -0.2) is 10.8 Å². The van der Waals surface area contributed by atoms with Crippen molar-refractivity contribution in [3.8, 4) is 0 Å². The first-order valence-electron chi connectivity index (χ1n) is 5.96. The minimum atomic E-state index is -1.38. The molecule has 0 spiro atoms. The molecular formula is C15H12ClNO2. The first-order valence-corrected chi connectivity index (χ1v) is 6.34. The summed E-state index contributed by atoms with van der Waals surface area (Å²) in [4.78, 5) is 5.23. The predicted molar refractivity (Wildman–Crippen MR) is 74.0 cm³/mol. The van der Waals surface area contributed by atoms with Crippen molar-refractivity contribution in [2.75, 3.05) is 0 Å². The van der Waals surface area contributed by atoms with Gasteiger partial charge < -0.3 is 9.94 Å². The lowest BCUT2D eigenvalue weighted by Gasteiger charge is -2.19. The third-order valence-corrected chi connectivity index (χ3v) is 3.37. The van der Waals surface area contributed by atoms with Gasteiger partial charge in [0.2, 0.25) is 0 Å². The molecule has 96 valence electrons. The molecule has 3 nitrogen and oxygen atoms in total. The van der Waals surface area contributed by atoms with Crippen LogP contribution >= 0.6 is 11.6 Å². The molecule has 1 aliphatic rings. The van der Waals surface area contributed by atoms with E-state index in [4.69, 9.17) is 16.4 Å². The molecule has 1 atom stereocenters. The molecule has 0 saturated carbocycles. The summed E-state index contributed by atoms with van der Waals surface area (Å²) < 4.78 is 0. The molecule has 1 heterocycles. The highest BCUT2D eigenvalue weighted by atomic mass is 35.5. The lowest BCUT2D eigenvalue weighted by atomic mass is 9.97. The van der Waals surface area contributed by atoms with Crippen molar-refractivity contribution in [1.82, 2.24) is 0 Å². The van der Waals surface area contributed by atoms with Crippen LogP contribution < -0.4 is 0 Å². The molecule has 0 saturated heterocycles. The summed E-state index contributed by atoms with van der Waals surface area (Å²) >= 11 is 5.85. The van der Waals surface area contributed by atoms with E-state index in [1.807, 2.05) is 42.5 Å². The van der Waals surface area contributed by atoms with Crippen LogP contribution in [0.4, 0.5) is 0 Å². The summed E-state index contributed by atoms with van der Waals surface area (Å²) in [5.41, 5.74) is 2.31. The topological polar surface area (TPSA) is 41.8 Å². The van der Waals surface area contributed by atoms with Crippen molar-refractivity contribution < 1.29 is 9.94 Å². The summed E-state index contributed by atoms with van der Waals surface area (Å²) in [5, 5.41) is 15.1. The summed E-state index contributed by atoms with van der Waals surface area (Å²) in [6.45, 7) is 0. The van der Waals surface area contributed by atoms with Crippen LogP contribution in [0, 0.1) is 0 Å². The maximum Gasteiger partial charge on any atom is 0.266 e. The summed E-state index contributed by atoms with van der Waals surface area (Å²) in [6, 6.07) is 16.6. The van der Waals surface area contributed by atoms with E-state index in [0.717, 1.165) is 5.56 Å². The zero-order valence-electron chi connectivity index (χ0n) is 10.1. The zero-order chi connectivity index (χ0) is 13.3. The first-order chi connectivity index (χ1) is 9.17. The van der Waals surface area contributed by atoms with Gasteiger partial charge in [0.05, 0.1) is 12.1 Å². The van der Waals surface area contributed by atoms with Crippen molar-refractivity contribution in [2.24, 2.45) is 5.16 Å². The van der Waals surface area contributed by atoms with E-state index >= 15 is 0 Å². The number of oxime groups is 1. The Morgan fingerprint density at radius 2 is 1.74 bits per heavy atom. The Morgan fingerprint density at radius 3 is 2.42 bits per heavy atom. The highest BCUT2D eigenvalue weighted by Gasteiger charge is 2.39. The van der Waals surface area contributed by atoms with Crippen LogP contribution in [-0.2, 0) is 10.6 Å². The Hall–Kier alpha value is -1.84. The average molecular weight is 274 g/mol. The smallest absolute Gasteiger partial charge is 0.266 e. The predicted octanol–water partition coefficient (Wildman–Crippen LogP) is 3.31. The monoisotopic (exact) mass is 273 g/mol. The van der Waals surface area contributed by atoms with Crippen molar-refractivity contribution in [3.05, 3.63) is 70.7 Å². The standard InChI is InChI=1S/C15H12ClNO2/c16-13-8-6-11(7-9-13)14-10-15(18,19-17-14)12-4-2-1-3-5-12/h1-9,18H,10H2. The third-order valence-electron chi connectivity index (χ3n) is 3.12. The van der Waals surface area contributed by atoms with Gasteiger partial charge in [-0.2, -0.15) is 0 Å². The second-order valence-corrected chi connectivity index (χ2v) is 4.90. The van der Waals surface area contributed by atoms with Crippen LogP contribution in [0.2, 0.25) is 5.02 Å². The van der Waals surface area contributed by atoms with Crippen LogP contribution in [0.25, 0.3) is 0 Å². The van der Waals surface area contributed by atoms with Crippen LogP contribution in [0.1, 0.15) is 17.5 Å². The first kappa shape index (κ1) is 12.2. The molecule has 0 fully saturated rings. The third kappa shape index (κ3) is 2.35. The fourth-order valence-corrected chi connectivity index (χ4v) is 2.20. The molecule has 1 unspecified atom stereocenters. The lowest BCUT2D eigenvalue weighted by Crippen LogP contribution is -2.25. The quantitative estimate of drug-likeness (QED) is 0.912. The van der Waals surface area contributed by atoms with Crippen molar-refractivity contribution in [2.45, 2.75) is 12.2 Å². The van der Waals surface area contributed by atoms with Crippen LogP contribution in [0.15, 0.2) is 59.8 Å². The number of halogens is 1. The lowest BCUT2D eigenvalue weighted by molar-refractivity contribution is -0.193. The van der Waals surface area contributed by atoms with Crippen molar-refractivity contribution >= 4 is 17.3 Å². The molecule has 3 rings (SSSR count). The van der Waals surface area contributed by atoms with Gasteiger partial charge in [0.1, 0.15) is 0 Å². The van der Waals surface area contributed by atoms with Gasteiger partial charge in [0, 0.05) is 10.6 Å². The van der Waals surface area contributed by atoms with Gasteiger partial charge in [0.15, 0.2) is 0 Å². The van der Waals surface area contributed by atoms with Gasteiger partial charge in [-0.05, 0) is 17.7 Å². The highest BCUT2D eigenvalue weighted by Crippen LogP contribution is 2.33. The highest BCUT2D eigenvalue weighted by molar-refractivity contribution is 6.30. The van der Waals surface area contributed by atoms with Gasteiger partial charge in [-0.15, -0.1) is 0 Å². The normalized spacial score (nSPS) is 21.9. The second kappa shape index (κ2) is 4.68. The van der Waals surface area contributed by atoms with E-state index in [1.54, 1.807) is 12.1 Å². The van der Waals surface area contributed by atoms with E-state index in [0.29, 0.717) is 22.7 Å². The molecule has 0 bridgehead atoms. The Balaban J connectivity index is 1.85. The fourth-order valence-electron chi connectivity index (χ4n) is 2.07. The molecule has 0 amide bonds. The SMILES string of the molecule is OC1(c2ccccc2)CC(c2ccc(Cl)cc2)=NO1. The zero-order valence-corrected chi connectivity index (χ0v) is 10.8. The van der Waals surface area contributed by atoms with Gasteiger partial charge in [-0.25, -0.2) is 0 Å². The Labute approximate surface area is 116 Å². The number of rotatable bonds is 2. The Bertz CT molecular complexity index is 610. The summed E-state index contributed by atoms with van der Waals surface area (Å²) in [6.07, 6.45) is 0.318. The molecule has 19 heavy (non-hydrogen) atoms. The van der Waals surface area contributed by atoms with E-state index in [9.17, 15) is 5.11 Å². The molecule has 1 N–H and O–H groups in total. The van der Waals surface area contributed by atoms with E-state index < -0.39 is 5.79 Å². The number of benzene rings is 2. The molecule has 1 aliphatic heterocycles. The Morgan fingerprint density at radius 1 is 1.05 bits per heavy atom. The van der Waals surface area contributed by atoms with E-state index in [1.165, 1.54) is 0 Å². The van der Waals surface area contributed by atoms with Crippen LogP contribution in [0.5, 0.6) is 0 Å². The molecule has 0 aliphatic carbocycles. The maximum atomic E-state index is 10.5. The number of nitrogens with zero attached hydrogens (tertiary/aromatic N) is 1. The Kier molecular flexibility index (Phi) is 3.01. The summed E-state index contributed by atoms with van der Waals surface area (Å²) in [5.74, 6) is -1.38.